The lowest BCUT2D eigenvalue weighted by Gasteiger charge is -2.08. The summed E-state index contributed by atoms with van der Waals surface area (Å²) >= 11 is 6.26. The van der Waals surface area contributed by atoms with Crippen LogP contribution in [0.2, 0.25) is 5.02 Å². The van der Waals surface area contributed by atoms with Gasteiger partial charge in [-0.15, -0.1) is 0 Å². The number of aromatic nitrogens is 3. The van der Waals surface area contributed by atoms with Crippen molar-refractivity contribution in [3.05, 3.63) is 84.0 Å². The third kappa shape index (κ3) is 2.62. The van der Waals surface area contributed by atoms with Crippen LogP contribution in [0.15, 0.2) is 79.0 Å². The van der Waals surface area contributed by atoms with E-state index in [-0.39, 0.29) is 0 Å². The Balaban J connectivity index is 1.93. The minimum atomic E-state index is 0.665. The van der Waals surface area contributed by atoms with E-state index < -0.39 is 0 Å². The van der Waals surface area contributed by atoms with Gasteiger partial charge in [0.1, 0.15) is 17.0 Å². The molecule has 0 fully saturated rings. The lowest BCUT2D eigenvalue weighted by molar-refractivity contribution is 0.419. The number of benzene rings is 3. The van der Waals surface area contributed by atoms with Crippen LogP contribution in [0.3, 0.4) is 0 Å². The van der Waals surface area contributed by atoms with Crippen LogP contribution >= 0.6 is 11.6 Å². The molecule has 0 aliphatic heterocycles. The Morgan fingerprint density at radius 1 is 0.893 bits per heavy atom. The lowest BCUT2D eigenvalue weighted by Crippen LogP contribution is -1.97. The van der Waals surface area contributed by atoms with Crippen molar-refractivity contribution in [2.24, 2.45) is 0 Å². The number of pyridine rings is 1. The van der Waals surface area contributed by atoms with Gasteiger partial charge in [-0.2, -0.15) is 5.10 Å². The van der Waals surface area contributed by atoms with Gasteiger partial charge in [-0.25, -0.2) is 4.68 Å². The highest BCUT2D eigenvalue weighted by molar-refractivity contribution is 6.30. The topological polar surface area (TPSA) is 39.9 Å². The first-order chi connectivity index (χ1) is 13.8. The van der Waals surface area contributed by atoms with Gasteiger partial charge in [0.05, 0.1) is 18.3 Å². The van der Waals surface area contributed by atoms with Gasteiger partial charge in [0.15, 0.2) is 0 Å². The fourth-order valence-corrected chi connectivity index (χ4v) is 3.74. The van der Waals surface area contributed by atoms with Crippen LogP contribution < -0.4 is 4.74 Å². The van der Waals surface area contributed by atoms with Crippen molar-refractivity contribution < 1.29 is 4.74 Å². The summed E-state index contributed by atoms with van der Waals surface area (Å²) in [6.45, 7) is 0. The first kappa shape index (κ1) is 16.8. The number of halogens is 1. The van der Waals surface area contributed by atoms with E-state index in [0.29, 0.717) is 5.02 Å². The highest BCUT2D eigenvalue weighted by atomic mass is 35.5. The average molecular weight is 386 g/mol. The van der Waals surface area contributed by atoms with Crippen molar-refractivity contribution in [3.8, 4) is 22.7 Å². The van der Waals surface area contributed by atoms with E-state index in [9.17, 15) is 0 Å². The molecule has 0 saturated carbocycles. The maximum Gasteiger partial charge on any atom is 0.145 e. The average Bonchev–Trinajstić information content (AvgIpc) is 3.14. The zero-order chi connectivity index (χ0) is 19.1. The summed E-state index contributed by atoms with van der Waals surface area (Å²) in [6, 6.07) is 23.8. The molecule has 0 spiro atoms. The summed E-state index contributed by atoms with van der Waals surface area (Å²) < 4.78 is 7.46. The highest BCUT2D eigenvalue weighted by Gasteiger charge is 2.18. The fraction of sp³-hybridized carbons (Fsp3) is 0.0435. The molecule has 5 aromatic rings. The molecule has 0 aliphatic carbocycles. The van der Waals surface area contributed by atoms with Gasteiger partial charge in [-0.05, 0) is 24.3 Å². The van der Waals surface area contributed by atoms with Crippen molar-refractivity contribution in [2.75, 3.05) is 7.11 Å². The Hall–Kier alpha value is -3.37. The van der Waals surface area contributed by atoms with Crippen LogP contribution in [0, 0.1) is 0 Å². The van der Waals surface area contributed by atoms with E-state index in [1.54, 1.807) is 7.11 Å². The lowest BCUT2D eigenvalue weighted by atomic mass is 10.1. The minimum Gasteiger partial charge on any atom is -0.494 e. The Kier molecular flexibility index (Phi) is 3.99. The van der Waals surface area contributed by atoms with Gasteiger partial charge in [0.25, 0.3) is 0 Å². The third-order valence-corrected chi connectivity index (χ3v) is 5.05. The third-order valence-electron chi connectivity index (χ3n) is 4.82. The normalized spacial score (nSPS) is 11.2. The van der Waals surface area contributed by atoms with Crippen molar-refractivity contribution in [1.29, 1.82) is 0 Å². The number of nitrogens with zero attached hydrogens (tertiary/aromatic N) is 3. The molecule has 0 unspecified atom stereocenters. The maximum atomic E-state index is 6.26. The zero-order valence-corrected chi connectivity index (χ0v) is 15.9. The van der Waals surface area contributed by atoms with E-state index >= 15 is 0 Å². The molecule has 28 heavy (non-hydrogen) atoms. The molecule has 136 valence electrons. The van der Waals surface area contributed by atoms with Gasteiger partial charge in [-0.1, -0.05) is 60.1 Å². The second kappa shape index (κ2) is 6.66. The molecule has 3 aromatic carbocycles. The van der Waals surface area contributed by atoms with Gasteiger partial charge in [-0.3, -0.25) is 4.98 Å². The summed E-state index contributed by atoms with van der Waals surface area (Å²) in [5, 5.41) is 7.58. The van der Waals surface area contributed by atoms with Crippen LogP contribution in [0.25, 0.3) is 38.8 Å². The van der Waals surface area contributed by atoms with Crippen molar-refractivity contribution in [1.82, 2.24) is 14.8 Å². The summed E-state index contributed by atoms with van der Waals surface area (Å²) in [7, 11) is 1.66. The number of methoxy groups -OCH3 is 1. The first-order valence-electron chi connectivity index (χ1n) is 8.92. The number of fused-ring (bicyclic) bond motifs is 3. The first-order valence-corrected chi connectivity index (χ1v) is 9.30. The van der Waals surface area contributed by atoms with Gasteiger partial charge in [0, 0.05) is 27.6 Å². The molecule has 2 aromatic heterocycles. The highest BCUT2D eigenvalue weighted by Crippen LogP contribution is 2.36. The predicted molar refractivity (Wildman–Crippen MR) is 113 cm³/mol. The molecular formula is C23H16ClN3O. The minimum absolute atomic E-state index is 0.665. The number of hydrogen-bond acceptors (Lipinski definition) is 3. The molecular weight excluding hydrogens is 370 g/mol. The van der Waals surface area contributed by atoms with E-state index in [2.05, 4.69) is 17.1 Å². The second-order valence-corrected chi connectivity index (χ2v) is 6.92. The SMILES string of the molecule is COc1cccc2c1ncc1c(-c3ccccc3)nn(-c3cccc(Cl)c3)c12. The van der Waals surface area contributed by atoms with Gasteiger partial charge < -0.3 is 4.74 Å². The van der Waals surface area contributed by atoms with Crippen molar-refractivity contribution in [3.63, 3.8) is 0 Å². The number of para-hydroxylation sites is 1. The molecule has 5 rings (SSSR count). The number of hydrogen-bond donors (Lipinski definition) is 0. The van der Waals surface area contributed by atoms with E-state index in [0.717, 1.165) is 44.5 Å². The summed E-state index contributed by atoms with van der Waals surface area (Å²) in [6.07, 6.45) is 1.87. The number of ether oxygens (including phenoxy) is 1. The van der Waals surface area contributed by atoms with Gasteiger partial charge >= 0.3 is 0 Å². The monoisotopic (exact) mass is 385 g/mol. The summed E-state index contributed by atoms with van der Waals surface area (Å²) in [5.41, 5.74) is 4.60. The Labute approximate surface area is 167 Å². The second-order valence-electron chi connectivity index (χ2n) is 6.48. The standard InChI is InChI=1S/C23H16ClN3O/c1-28-20-12-6-11-18-22(20)25-14-19-21(15-7-3-2-4-8-15)26-27(23(18)19)17-10-5-9-16(24)13-17/h2-14H,1H3. The Morgan fingerprint density at radius 3 is 2.50 bits per heavy atom. The van der Waals surface area contributed by atoms with Crippen LogP contribution in [-0.4, -0.2) is 21.9 Å². The molecule has 5 heteroatoms. The molecule has 0 aliphatic rings. The maximum absolute atomic E-state index is 6.26. The molecule has 4 nitrogen and oxygen atoms in total. The molecule has 0 saturated heterocycles. The summed E-state index contributed by atoms with van der Waals surface area (Å²) in [5.74, 6) is 0.736. The van der Waals surface area contributed by atoms with E-state index in [1.165, 1.54) is 0 Å². The molecule has 0 bridgehead atoms. The van der Waals surface area contributed by atoms with E-state index in [1.807, 2.05) is 71.5 Å². The number of rotatable bonds is 3. The van der Waals surface area contributed by atoms with Crippen LogP contribution in [0.5, 0.6) is 5.75 Å². The smallest absolute Gasteiger partial charge is 0.145 e. The molecule has 2 heterocycles. The quantitative estimate of drug-likeness (QED) is 0.388. The summed E-state index contributed by atoms with van der Waals surface area (Å²) in [4.78, 5) is 4.69. The molecule has 0 amide bonds. The van der Waals surface area contributed by atoms with Crippen molar-refractivity contribution in [2.45, 2.75) is 0 Å². The fourth-order valence-electron chi connectivity index (χ4n) is 3.56. The van der Waals surface area contributed by atoms with Crippen LogP contribution in [0.4, 0.5) is 0 Å². The van der Waals surface area contributed by atoms with Crippen LogP contribution in [0.1, 0.15) is 0 Å². The van der Waals surface area contributed by atoms with E-state index in [4.69, 9.17) is 21.4 Å². The molecule has 0 radical (unpaired) electrons. The Bertz CT molecular complexity index is 1310. The largest absolute Gasteiger partial charge is 0.494 e. The zero-order valence-electron chi connectivity index (χ0n) is 15.1. The molecule has 0 atom stereocenters. The predicted octanol–water partition coefficient (Wildman–Crippen LogP) is 5.90. The van der Waals surface area contributed by atoms with Crippen molar-refractivity contribution >= 4 is 33.4 Å². The molecule has 0 N–H and O–H groups in total. The van der Waals surface area contributed by atoms with Gasteiger partial charge in [0.2, 0.25) is 0 Å². The van der Waals surface area contributed by atoms with Crippen LogP contribution in [-0.2, 0) is 0 Å². The Morgan fingerprint density at radius 2 is 1.71 bits per heavy atom.